The summed E-state index contributed by atoms with van der Waals surface area (Å²) in [4.78, 5) is 6.64. The molecule has 25 heavy (non-hydrogen) atoms. The Morgan fingerprint density at radius 2 is 1.88 bits per heavy atom. The minimum Gasteiger partial charge on any atom is -0.493 e. The second kappa shape index (κ2) is 8.03. The van der Waals surface area contributed by atoms with Gasteiger partial charge in [-0.25, -0.2) is 4.99 Å². The molecule has 0 radical (unpaired) electrons. The van der Waals surface area contributed by atoms with E-state index in [0.717, 1.165) is 29.8 Å². The Labute approximate surface area is 149 Å². The minimum absolute atomic E-state index is 0.149. The molecule has 0 bridgehead atoms. The molecular formula is C20H26N4O. The summed E-state index contributed by atoms with van der Waals surface area (Å²) in [6, 6.07) is 16.7. The molecule has 1 heterocycles. The maximum atomic E-state index is 6.10. The molecule has 132 valence electrons. The highest BCUT2D eigenvalue weighted by Gasteiger charge is 2.21. The van der Waals surface area contributed by atoms with Crippen LogP contribution in [0.4, 0.5) is 0 Å². The Bertz CT molecular complexity index is 725. The molecule has 5 nitrogen and oxygen atoms in total. The van der Waals surface area contributed by atoms with Crippen LogP contribution in [0.25, 0.3) is 0 Å². The van der Waals surface area contributed by atoms with E-state index in [-0.39, 0.29) is 6.04 Å². The number of rotatable bonds is 5. The number of aliphatic imine (C=N–C) groups is 1. The molecule has 2 aromatic rings. The molecule has 1 aliphatic rings. The van der Waals surface area contributed by atoms with Gasteiger partial charge in [0.2, 0.25) is 0 Å². The summed E-state index contributed by atoms with van der Waals surface area (Å²) >= 11 is 0. The molecule has 0 amide bonds. The third-order valence-corrected chi connectivity index (χ3v) is 4.23. The zero-order valence-corrected chi connectivity index (χ0v) is 14.9. The van der Waals surface area contributed by atoms with Crippen LogP contribution in [0.3, 0.4) is 0 Å². The number of para-hydroxylation sites is 1. The summed E-state index contributed by atoms with van der Waals surface area (Å²) in [7, 11) is 4.14. The van der Waals surface area contributed by atoms with Crippen molar-refractivity contribution in [2.45, 2.75) is 25.6 Å². The van der Waals surface area contributed by atoms with Gasteiger partial charge in [-0.3, -0.25) is 0 Å². The van der Waals surface area contributed by atoms with Crippen LogP contribution in [0.2, 0.25) is 0 Å². The molecule has 0 aromatic heterocycles. The smallest absolute Gasteiger partial charge is 0.189 e. The van der Waals surface area contributed by atoms with Gasteiger partial charge >= 0.3 is 0 Å². The van der Waals surface area contributed by atoms with Gasteiger partial charge in [0.15, 0.2) is 5.96 Å². The second-order valence-corrected chi connectivity index (χ2v) is 6.63. The van der Waals surface area contributed by atoms with Crippen molar-refractivity contribution in [2.75, 3.05) is 20.7 Å². The molecule has 0 aliphatic carbocycles. The number of nitrogens with one attached hydrogen (secondary N) is 1. The van der Waals surface area contributed by atoms with Crippen LogP contribution in [0.1, 0.15) is 29.2 Å². The van der Waals surface area contributed by atoms with E-state index in [1.165, 1.54) is 5.56 Å². The third-order valence-electron chi connectivity index (χ3n) is 4.23. The fourth-order valence-corrected chi connectivity index (χ4v) is 3.01. The van der Waals surface area contributed by atoms with E-state index in [1.54, 1.807) is 0 Å². The average Bonchev–Trinajstić information content (AvgIpc) is 2.61. The third kappa shape index (κ3) is 4.73. The maximum absolute atomic E-state index is 6.10. The summed E-state index contributed by atoms with van der Waals surface area (Å²) in [5, 5.41) is 3.32. The lowest BCUT2D eigenvalue weighted by atomic mass is 10.0. The van der Waals surface area contributed by atoms with E-state index >= 15 is 0 Å². The van der Waals surface area contributed by atoms with Crippen LogP contribution < -0.4 is 15.8 Å². The Kier molecular flexibility index (Phi) is 5.56. The number of nitrogens with zero attached hydrogens (tertiary/aromatic N) is 2. The van der Waals surface area contributed by atoms with Gasteiger partial charge in [0, 0.05) is 18.5 Å². The zero-order valence-electron chi connectivity index (χ0n) is 14.9. The van der Waals surface area contributed by atoms with Crippen LogP contribution >= 0.6 is 0 Å². The summed E-state index contributed by atoms with van der Waals surface area (Å²) in [6.07, 6.45) is 0.881. The van der Waals surface area contributed by atoms with Crippen molar-refractivity contribution >= 4 is 5.96 Å². The molecule has 2 aromatic carbocycles. The Balaban J connectivity index is 1.59. The molecule has 1 unspecified atom stereocenters. The molecule has 0 saturated carbocycles. The van der Waals surface area contributed by atoms with Crippen LogP contribution in [0, 0.1) is 0 Å². The highest BCUT2D eigenvalue weighted by atomic mass is 16.5. The van der Waals surface area contributed by atoms with Gasteiger partial charge in [0.25, 0.3) is 0 Å². The fourth-order valence-electron chi connectivity index (χ4n) is 3.01. The topological polar surface area (TPSA) is 62.9 Å². The number of benzene rings is 2. The van der Waals surface area contributed by atoms with Gasteiger partial charge < -0.3 is 20.7 Å². The Hall–Kier alpha value is -2.53. The molecule has 0 spiro atoms. The molecule has 1 aliphatic heterocycles. The van der Waals surface area contributed by atoms with Crippen molar-refractivity contribution in [3.05, 3.63) is 65.2 Å². The van der Waals surface area contributed by atoms with E-state index in [2.05, 4.69) is 59.6 Å². The molecule has 3 rings (SSSR count). The van der Waals surface area contributed by atoms with Gasteiger partial charge in [0.1, 0.15) is 5.75 Å². The van der Waals surface area contributed by atoms with Crippen molar-refractivity contribution in [2.24, 2.45) is 10.7 Å². The van der Waals surface area contributed by atoms with E-state index in [9.17, 15) is 0 Å². The van der Waals surface area contributed by atoms with Crippen molar-refractivity contribution < 1.29 is 4.74 Å². The first kappa shape index (κ1) is 17.3. The van der Waals surface area contributed by atoms with Crippen LogP contribution in [-0.2, 0) is 13.1 Å². The van der Waals surface area contributed by atoms with E-state index in [0.29, 0.717) is 19.1 Å². The number of ether oxygens (including phenoxy) is 1. The predicted octanol–water partition coefficient (Wildman–Crippen LogP) is 2.68. The van der Waals surface area contributed by atoms with Gasteiger partial charge in [-0.2, -0.15) is 0 Å². The molecule has 0 fully saturated rings. The van der Waals surface area contributed by atoms with E-state index < -0.39 is 0 Å². The monoisotopic (exact) mass is 338 g/mol. The number of fused-ring (bicyclic) bond motifs is 1. The van der Waals surface area contributed by atoms with Gasteiger partial charge in [-0.15, -0.1) is 0 Å². The molecule has 1 atom stereocenters. The van der Waals surface area contributed by atoms with Crippen molar-refractivity contribution in [3.63, 3.8) is 0 Å². The lowest BCUT2D eigenvalue weighted by Gasteiger charge is -2.26. The maximum Gasteiger partial charge on any atom is 0.189 e. The minimum atomic E-state index is 0.149. The normalized spacial score (nSPS) is 17.1. The first-order valence-electron chi connectivity index (χ1n) is 8.62. The van der Waals surface area contributed by atoms with Crippen molar-refractivity contribution in [3.8, 4) is 5.75 Å². The largest absolute Gasteiger partial charge is 0.493 e. The molecular weight excluding hydrogens is 312 g/mol. The first-order valence-corrected chi connectivity index (χ1v) is 8.62. The van der Waals surface area contributed by atoms with Crippen LogP contribution in [0.15, 0.2) is 53.5 Å². The van der Waals surface area contributed by atoms with E-state index in [1.807, 2.05) is 18.2 Å². The summed E-state index contributed by atoms with van der Waals surface area (Å²) < 4.78 is 5.68. The number of hydrogen-bond donors (Lipinski definition) is 2. The lowest BCUT2D eigenvalue weighted by Crippen LogP contribution is -2.37. The first-order chi connectivity index (χ1) is 12.1. The summed E-state index contributed by atoms with van der Waals surface area (Å²) in [5.74, 6) is 1.40. The van der Waals surface area contributed by atoms with Crippen molar-refractivity contribution in [1.29, 1.82) is 0 Å². The number of nitrogens with two attached hydrogens (primary N) is 1. The summed E-state index contributed by atoms with van der Waals surface area (Å²) in [5.41, 5.74) is 9.68. The second-order valence-electron chi connectivity index (χ2n) is 6.63. The summed E-state index contributed by atoms with van der Waals surface area (Å²) in [6.45, 7) is 2.21. The SMILES string of the molecule is CN(C)Cc1ccc(CN=C(N)NC2CCOc3ccccc32)cc1. The highest BCUT2D eigenvalue weighted by Crippen LogP contribution is 2.31. The Morgan fingerprint density at radius 1 is 1.16 bits per heavy atom. The molecule has 3 N–H and O–H groups in total. The van der Waals surface area contributed by atoms with Gasteiger partial charge in [-0.05, 0) is 31.3 Å². The van der Waals surface area contributed by atoms with Gasteiger partial charge in [-0.1, -0.05) is 42.5 Å². The average molecular weight is 338 g/mol. The van der Waals surface area contributed by atoms with Crippen LogP contribution in [-0.4, -0.2) is 31.6 Å². The van der Waals surface area contributed by atoms with E-state index in [4.69, 9.17) is 10.5 Å². The highest BCUT2D eigenvalue weighted by molar-refractivity contribution is 5.78. The number of hydrogen-bond acceptors (Lipinski definition) is 3. The fraction of sp³-hybridized carbons (Fsp3) is 0.350. The standard InChI is InChI=1S/C20H26N4O/c1-24(2)14-16-9-7-15(8-10-16)13-22-20(21)23-18-11-12-25-19-6-4-3-5-17(18)19/h3-10,18H,11-14H2,1-2H3,(H3,21,22,23). The quantitative estimate of drug-likeness (QED) is 0.650. The predicted molar refractivity (Wildman–Crippen MR) is 102 cm³/mol. The Morgan fingerprint density at radius 3 is 2.64 bits per heavy atom. The zero-order chi connectivity index (χ0) is 17.6. The van der Waals surface area contributed by atoms with Crippen molar-refractivity contribution in [1.82, 2.24) is 10.2 Å². The molecule has 5 heteroatoms. The molecule has 0 saturated heterocycles. The van der Waals surface area contributed by atoms with Gasteiger partial charge in [0.05, 0.1) is 19.2 Å². The number of guanidine groups is 1. The lowest BCUT2D eigenvalue weighted by molar-refractivity contribution is 0.262. The van der Waals surface area contributed by atoms with Crippen LogP contribution in [0.5, 0.6) is 5.75 Å².